The number of nitrogens with one attached hydrogen (secondary N) is 1. The van der Waals surface area contributed by atoms with Crippen molar-refractivity contribution in [3.63, 3.8) is 0 Å². The lowest BCUT2D eigenvalue weighted by Crippen LogP contribution is -2.55. The highest BCUT2D eigenvalue weighted by Crippen LogP contribution is 2.62. The summed E-state index contributed by atoms with van der Waals surface area (Å²) in [5, 5.41) is 54.2. The molecule has 5 rings (SSSR count). The third-order valence-corrected chi connectivity index (χ3v) is 15.3. The lowest BCUT2D eigenvalue weighted by Gasteiger charge is -2.48. The molecule has 5 heterocycles. The average Bonchev–Trinajstić information content (AvgIpc) is 3.75. The molecule has 9 atom stereocenters. The van der Waals surface area contributed by atoms with Gasteiger partial charge in [0.1, 0.15) is 0 Å². The molecule has 5 aliphatic heterocycles. The van der Waals surface area contributed by atoms with Crippen molar-refractivity contribution < 1.29 is 59.1 Å². The maximum Gasteiger partial charge on any atom is 0.303 e. The molecule has 344 valence electrons. The van der Waals surface area contributed by atoms with Crippen LogP contribution in [0, 0.1) is 45.3 Å². The first-order valence-corrected chi connectivity index (χ1v) is 21.4. The van der Waals surface area contributed by atoms with Crippen LogP contribution in [0.15, 0.2) is 49.3 Å². The number of carboxylic acid groups (broad SMARTS) is 5. The number of amides is 2. The summed E-state index contributed by atoms with van der Waals surface area (Å²) >= 11 is 0. The van der Waals surface area contributed by atoms with E-state index in [0.717, 1.165) is 0 Å². The third-order valence-electron chi connectivity index (χ3n) is 15.3. The van der Waals surface area contributed by atoms with E-state index in [0.29, 0.717) is 45.4 Å². The number of nitrogens with zero attached hydrogens (tertiary/aromatic N) is 3. The van der Waals surface area contributed by atoms with Gasteiger partial charge in [-0.25, -0.2) is 0 Å². The molecular formula is C45H62N6O12. The molecule has 0 spiro atoms. The molecular weight excluding hydrogens is 817 g/mol. The van der Waals surface area contributed by atoms with E-state index in [-0.39, 0.29) is 64.2 Å². The topological polar surface area (TPSA) is 322 Å². The smallest absolute Gasteiger partial charge is 0.303 e. The van der Waals surface area contributed by atoms with Gasteiger partial charge < -0.3 is 42.3 Å². The molecule has 18 nitrogen and oxygen atoms in total. The summed E-state index contributed by atoms with van der Waals surface area (Å²) in [5.74, 6) is -10.0. The van der Waals surface area contributed by atoms with Gasteiger partial charge in [0.05, 0.1) is 18.0 Å². The average molecular weight is 879 g/mol. The molecule has 1 fully saturated rings. The number of allylic oxidation sites excluding steroid dienone is 6. The van der Waals surface area contributed by atoms with Crippen molar-refractivity contribution in [2.45, 2.75) is 138 Å². The Morgan fingerprint density at radius 1 is 0.683 bits per heavy atom. The molecule has 63 heavy (non-hydrogen) atoms. The van der Waals surface area contributed by atoms with E-state index in [1.807, 2.05) is 13.8 Å². The van der Waals surface area contributed by atoms with Crippen molar-refractivity contribution in [3.05, 3.63) is 34.3 Å². The Kier molecular flexibility index (Phi) is 13.1. The number of hydrogen-bond donors (Lipinski definition) is 8. The second-order valence-corrected chi connectivity index (χ2v) is 19.6. The lowest BCUT2D eigenvalue weighted by molar-refractivity contribution is -0.140. The molecule has 18 heteroatoms. The molecule has 0 aromatic rings. The number of aliphatic imine (C=N–C) groups is 3. The van der Waals surface area contributed by atoms with Crippen LogP contribution in [0.4, 0.5) is 0 Å². The van der Waals surface area contributed by atoms with E-state index in [1.165, 1.54) is 0 Å². The largest absolute Gasteiger partial charge is 0.481 e. The Hall–Kier alpha value is -5.68. The van der Waals surface area contributed by atoms with Crippen molar-refractivity contribution in [1.29, 1.82) is 0 Å². The van der Waals surface area contributed by atoms with Crippen LogP contribution in [-0.4, -0.2) is 95.9 Å². The van der Waals surface area contributed by atoms with Crippen LogP contribution < -0.4 is 16.8 Å². The Balaban J connectivity index is 2.03. The monoisotopic (exact) mass is 878 g/mol. The van der Waals surface area contributed by atoms with Gasteiger partial charge in [-0.1, -0.05) is 34.6 Å². The van der Waals surface area contributed by atoms with Crippen LogP contribution in [0.1, 0.15) is 126 Å². The van der Waals surface area contributed by atoms with Crippen molar-refractivity contribution in [2.24, 2.45) is 71.8 Å². The Bertz CT molecular complexity index is 2220. The zero-order valence-electron chi connectivity index (χ0n) is 37.3. The summed E-state index contributed by atoms with van der Waals surface area (Å²) in [6, 6.07) is -1.07. The summed E-state index contributed by atoms with van der Waals surface area (Å²) in [5.41, 5.74) is 9.44. The van der Waals surface area contributed by atoms with Crippen molar-refractivity contribution >= 4 is 58.8 Å². The highest BCUT2D eigenvalue weighted by atomic mass is 16.4. The highest BCUT2D eigenvalue weighted by Gasteiger charge is 2.66. The van der Waals surface area contributed by atoms with Crippen LogP contribution in [-0.2, 0) is 33.6 Å². The third kappa shape index (κ3) is 8.56. The Morgan fingerprint density at radius 2 is 1.21 bits per heavy atom. The molecule has 1 saturated heterocycles. The molecule has 0 aromatic heterocycles. The van der Waals surface area contributed by atoms with Gasteiger partial charge in [-0.05, 0) is 63.7 Å². The SMILES string of the molecule is CC1=C2N/C(=C\C3=NC(=C(/C)C4=NC([C@H](CC(=O)O)[C@@]4(C)CCC(=O)O)[C@]4(C)N=C1[C@@H](CCC(=O)O)[C@]4(C)CC(N)=O)/[C@@H](CCC(=O)O)C3(C)C)[C@@H](CCC(=O)O)[C@]2(C)CC(N)=O. The van der Waals surface area contributed by atoms with Gasteiger partial charge in [0, 0.05) is 118 Å². The van der Waals surface area contributed by atoms with Gasteiger partial charge in [0.25, 0.3) is 0 Å². The molecule has 0 radical (unpaired) electrons. The second-order valence-electron chi connectivity index (χ2n) is 19.6. The lowest BCUT2D eigenvalue weighted by atomic mass is 9.55. The molecule has 5 aliphatic rings. The first-order valence-electron chi connectivity index (χ1n) is 21.4. The number of carboxylic acids is 5. The molecule has 8 bridgehead atoms. The first kappa shape index (κ1) is 48.4. The number of rotatable bonds is 18. The van der Waals surface area contributed by atoms with Crippen molar-refractivity contribution in [2.75, 3.05) is 0 Å². The zero-order valence-corrected chi connectivity index (χ0v) is 37.3. The van der Waals surface area contributed by atoms with Crippen LogP contribution in [0.5, 0.6) is 0 Å². The Labute approximate surface area is 366 Å². The van der Waals surface area contributed by atoms with Gasteiger partial charge in [0.2, 0.25) is 11.8 Å². The van der Waals surface area contributed by atoms with E-state index < -0.39 is 105 Å². The van der Waals surface area contributed by atoms with E-state index in [9.17, 15) is 59.1 Å². The Morgan fingerprint density at radius 3 is 1.71 bits per heavy atom. The van der Waals surface area contributed by atoms with E-state index in [1.54, 1.807) is 47.6 Å². The minimum atomic E-state index is -1.52. The van der Waals surface area contributed by atoms with Gasteiger partial charge in [0.15, 0.2) is 0 Å². The van der Waals surface area contributed by atoms with Gasteiger partial charge in [-0.15, -0.1) is 0 Å². The van der Waals surface area contributed by atoms with E-state index in [2.05, 4.69) is 5.32 Å². The van der Waals surface area contributed by atoms with Crippen LogP contribution in [0.3, 0.4) is 0 Å². The zero-order chi connectivity index (χ0) is 47.4. The van der Waals surface area contributed by atoms with E-state index >= 15 is 0 Å². The first-order chi connectivity index (χ1) is 29.0. The molecule has 0 aromatic carbocycles. The summed E-state index contributed by atoms with van der Waals surface area (Å²) in [7, 11) is 0. The number of carbonyl (C=O) groups excluding carboxylic acids is 2. The number of hydrogen-bond acceptors (Lipinski definition) is 11. The summed E-state index contributed by atoms with van der Waals surface area (Å²) in [6.45, 7) is 14.4. The number of fused-ring (bicyclic) bond motifs is 6. The second kappa shape index (κ2) is 17.1. The molecule has 2 amide bonds. The minimum Gasteiger partial charge on any atom is -0.481 e. The normalized spacial score (nSPS) is 35.0. The number of carbonyl (C=O) groups is 7. The molecule has 0 aliphatic carbocycles. The quantitative estimate of drug-likeness (QED) is 0.0925. The minimum absolute atomic E-state index is 0.0433. The molecule has 0 saturated carbocycles. The summed E-state index contributed by atoms with van der Waals surface area (Å²) < 4.78 is 0. The fraction of sp³-hybridized carbons (Fsp3) is 0.644. The number of aliphatic carboxylic acids is 5. The van der Waals surface area contributed by atoms with Gasteiger partial charge in [-0.2, -0.15) is 0 Å². The van der Waals surface area contributed by atoms with Crippen molar-refractivity contribution in [3.8, 4) is 0 Å². The predicted molar refractivity (Wildman–Crippen MR) is 231 cm³/mol. The summed E-state index contributed by atoms with van der Waals surface area (Å²) in [4.78, 5) is 104. The van der Waals surface area contributed by atoms with Crippen LogP contribution in [0.25, 0.3) is 0 Å². The summed E-state index contributed by atoms with van der Waals surface area (Å²) in [6.07, 6.45) is -0.470. The maximum absolute atomic E-state index is 13.3. The van der Waals surface area contributed by atoms with Crippen molar-refractivity contribution in [1.82, 2.24) is 5.32 Å². The number of nitrogens with two attached hydrogens (primary N) is 2. The highest BCUT2D eigenvalue weighted by molar-refractivity contribution is 6.10. The maximum atomic E-state index is 13.3. The molecule has 10 N–H and O–H groups in total. The molecule has 1 unspecified atom stereocenters. The predicted octanol–water partition coefficient (Wildman–Crippen LogP) is 4.72. The van der Waals surface area contributed by atoms with Crippen LogP contribution in [0.2, 0.25) is 0 Å². The van der Waals surface area contributed by atoms with Gasteiger partial charge in [-0.3, -0.25) is 48.5 Å². The van der Waals surface area contributed by atoms with Crippen LogP contribution >= 0.6 is 0 Å². The fourth-order valence-corrected chi connectivity index (χ4v) is 11.8. The standard InChI is InChI=1S/C45H62N6O12/c1-21-36-24(10-13-32(56)57)41(3,4)28(49-36)18-27-23(9-12-31(54)55)43(6,19-29(46)52)39(48-27)22(2)37-25(11-14-33(58)59)44(7,20-30(47)53)45(8,51-37)40-26(17-35(62)63)42(5,38(21)50-40)16-15-34(60)61/h18,23-26,40,48H,9-17,19-20H2,1-8H3,(H2,46,52)(H2,47,53)(H,54,55)(H,56,57)(H,58,59)(H,60,61)(H,62,63)/b27-18-,36-21-,39-22?/t23-,24-,25-,26+,40?,42-,43+,44+,45+/m1/s1. The number of primary amides is 2. The van der Waals surface area contributed by atoms with E-state index in [4.69, 9.17) is 26.4 Å². The van der Waals surface area contributed by atoms with Gasteiger partial charge >= 0.3 is 29.8 Å². The fourth-order valence-electron chi connectivity index (χ4n) is 11.8.